The molecule has 2 N–H and O–H groups in total. The molecular formula is C62H90BNO15. The Bertz CT molecular complexity index is 2360. The summed E-state index contributed by atoms with van der Waals surface area (Å²) in [6, 6.07) is 8.36. The Balaban J connectivity index is 1.22. The minimum Gasteiger partial charge on any atom is -0.460 e. The number of rotatable bonds is 8. The van der Waals surface area contributed by atoms with Crippen LogP contribution in [0.25, 0.3) is 0 Å². The summed E-state index contributed by atoms with van der Waals surface area (Å²) in [4.78, 5) is 86.4. The Morgan fingerprint density at radius 3 is 2.28 bits per heavy atom. The Kier molecular flexibility index (Phi) is 23.6. The van der Waals surface area contributed by atoms with Gasteiger partial charge in [-0.1, -0.05) is 107 Å². The van der Waals surface area contributed by atoms with E-state index in [1.807, 2.05) is 75.4 Å². The quantitative estimate of drug-likeness (QED) is 0.110. The second kappa shape index (κ2) is 29.4. The number of piperidine rings is 1. The van der Waals surface area contributed by atoms with Crippen molar-refractivity contribution in [3.8, 4) is 0 Å². The lowest BCUT2D eigenvalue weighted by molar-refractivity contribution is -0.263. The van der Waals surface area contributed by atoms with Gasteiger partial charge in [-0.3, -0.25) is 24.0 Å². The number of allylic oxidation sites excluding steroid dienone is 7. The van der Waals surface area contributed by atoms with Gasteiger partial charge >= 0.3 is 19.1 Å². The molecule has 1 aromatic rings. The lowest BCUT2D eigenvalue weighted by atomic mass is 9.75. The molecule has 79 heavy (non-hydrogen) atoms. The zero-order chi connectivity index (χ0) is 57.6. The Labute approximate surface area is 469 Å². The van der Waals surface area contributed by atoms with Crippen LogP contribution in [0.3, 0.4) is 0 Å². The number of methoxy groups -OCH3 is 2. The van der Waals surface area contributed by atoms with Gasteiger partial charge in [0.15, 0.2) is 5.78 Å². The molecule has 3 saturated heterocycles. The predicted octanol–water partition coefficient (Wildman–Crippen LogP) is 7.95. The van der Waals surface area contributed by atoms with Crippen LogP contribution in [-0.2, 0) is 61.8 Å². The van der Waals surface area contributed by atoms with Crippen LogP contribution >= 0.6 is 0 Å². The van der Waals surface area contributed by atoms with E-state index in [0.29, 0.717) is 76.2 Å². The van der Waals surface area contributed by atoms with E-state index in [0.717, 1.165) is 17.5 Å². The van der Waals surface area contributed by atoms with Crippen molar-refractivity contribution < 1.29 is 72.0 Å². The van der Waals surface area contributed by atoms with E-state index < -0.39 is 108 Å². The van der Waals surface area contributed by atoms with Crippen molar-refractivity contribution in [3.63, 3.8) is 0 Å². The van der Waals surface area contributed by atoms with E-state index in [4.69, 9.17) is 33.0 Å². The zero-order valence-corrected chi connectivity index (χ0v) is 48.6. The van der Waals surface area contributed by atoms with Crippen molar-refractivity contribution in [3.05, 3.63) is 77.9 Å². The highest BCUT2D eigenvalue weighted by Crippen LogP contribution is 2.39. The van der Waals surface area contributed by atoms with Gasteiger partial charge in [0.05, 0.1) is 12.2 Å². The van der Waals surface area contributed by atoms with Gasteiger partial charge in [-0.05, 0) is 133 Å². The van der Waals surface area contributed by atoms with Gasteiger partial charge in [0.2, 0.25) is 5.79 Å². The average molecular weight is 1100 g/mol. The van der Waals surface area contributed by atoms with Gasteiger partial charge in [-0.15, -0.1) is 0 Å². The zero-order valence-electron chi connectivity index (χ0n) is 48.6. The van der Waals surface area contributed by atoms with E-state index >= 15 is 0 Å². The highest BCUT2D eigenvalue weighted by Gasteiger charge is 2.53. The molecule has 0 aromatic heterocycles. The maximum absolute atomic E-state index is 14.6. The van der Waals surface area contributed by atoms with Crippen molar-refractivity contribution >= 4 is 47.8 Å². The molecule has 1 aromatic carbocycles. The third-order valence-electron chi connectivity index (χ3n) is 17.3. The third-order valence-corrected chi connectivity index (χ3v) is 17.3. The fraction of sp³-hybridized carbons (Fsp3) is 0.677. The van der Waals surface area contributed by atoms with Crippen LogP contribution in [-0.4, -0.2) is 140 Å². The van der Waals surface area contributed by atoms with E-state index in [1.165, 1.54) is 12.0 Å². The summed E-state index contributed by atoms with van der Waals surface area (Å²) in [6.45, 7) is 14.9. The molecule has 436 valence electrons. The highest BCUT2D eigenvalue weighted by molar-refractivity contribution is 6.61. The summed E-state index contributed by atoms with van der Waals surface area (Å²) < 4.78 is 42.3. The number of ether oxygens (including phenoxy) is 5. The number of amides is 1. The summed E-state index contributed by atoms with van der Waals surface area (Å²) in [6.07, 6.45) is 13.4. The first-order chi connectivity index (χ1) is 37.6. The normalized spacial score (nSPS) is 36.3. The predicted molar refractivity (Wildman–Crippen MR) is 299 cm³/mol. The van der Waals surface area contributed by atoms with Crippen molar-refractivity contribution in [2.75, 3.05) is 34.0 Å². The number of hydrogen-bond donors (Lipinski definition) is 2. The first-order valence-electron chi connectivity index (χ1n) is 29.0. The number of cyclic esters (lactones) is 1. The number of carbonyl (C=O) groups excluding carboxylic acids is 6. The number of Topliss-reactive ketones (excluding diaryl/α,β-unsaturated/α-hetero) is 3. The molecule has 0 spiro atoms. The standard InChI is InChI=1S/C62H90BNO15/c1-39-19-13-11-14-20-40(2)25-29-48-30-27-45(7)62(72,79-48)57(68)58(69)64-32-18-17-23-49(64)59(70)77-52(36-50(65)42(4)33-44(6)55(67)56(74-10)54(66)41(3)26-24-39)43(5)34-46-28-31-51(53(35-46)73-9)78-60(71)61(8)37-75-63(76-38-61)47-21-15-12-16-22-47/h11-16,19-22,33,39,41-43,45-46,48-49,51-53,55-56,67,72H,17-18,23-32,34-38H2,1-10H3/b14-11+,19-13+,40-20+,44-33+/t39-,41-,42-,43-,45-,46+,48-,49+,51-,52+,53-,55-,56+,62-/m1/s1. The Morgan fingerprint density at radius 2 is 1.58 bits per heavy atom. The monoisotopic (exact) mass is 1100 g/mol. The number of hydrogen-bond acceptors (Lipinski definition) is 15. The van der Waals surface area contributed by atoms with Crippen LogP contribution in [0.15, 0.2) is 77.9 Å². The van der Waals surface area contributed by atoms with Gasteiger partial charge in [0.1, 0.15) is 41.7 Å². The molecule has 1 aliphatic carbocycles. The van der Waals surface area contributed by atoms with Gasteiger partial charge < -0.3 is 48.1 Å². The van der Waals surface area contributed by atoms with Crippen LogP contribution < -0.4 is 5.46 Å². The molecule has 2 bridgehead atoms. The van der Waals surface area contributed by atoms with E-state index in [1.54, 1.807) is 40.9 Å². The SMILES string of the molecule is CO[C@@H]1C[C@H](C[C@@H](C)[C@@H]2CC(=O)[C@H](C)/C=C(\C)[C@@H](O)[C@@H](OC)C(=O)[C@H](C)CC[C@H](C)/C=C/C=C/C=C(\C)CC[C@@H]3CC[C@@H](C)[C@@](O)(O3)C(=O)C(=O)N3CCCC[C@H]3C(=O)O2)CC[C@H]1OC(=O)C1(C)COB(c2ccccc2)OC1. The van der Waals surface area contributed by atoms with Crippen LogP contribution in [0.2, 0.25) is 0 Å². The van der Waals surface area contributed by atoms with Crippen LogP contribution in [0.5, 0.6) is 0 Å². The largest absolute Gasteiger partial charge is 0.493 e. The summed E-state index contributed by atoms with van der Waals surface area (Å²) in [5, 5.41) is 23.5. The minimum absolute atomic E-state index is 0.0102. The van der Waals surface area contributed by atoms with Gasteiger partial charge in [0.25, 0.3) is 11.7 Å². The molecule has 0 unspecified atom stereocenters. The number of esters is 2. The second-order valence-electron chi connectivity index (χ2n) is 23.9. The lowest BCUT2D eigenvalue weighted by Crippen LogP contribution is -2.60. The molecule has 0 radical (unpaired) electrons. The van der Waals surface area contributed by atoms with Gasteiger partial charge in [-0.25, -0.2) is 4.79 Å². The number of benzene rings is 1. The maximum Gasteiger partial charge on any atom is 0.493 e. The van der Waals surface area contributed by atoms with Crippen LogP contribution in [0.4, 0.5) is 0 Å². The van der Waals surface area contributed by atoms with E-state index in [2.05, 4.69) is 13.0 Å². The molecule has 1 amide bonds. The Morgan fingerprint density at radius 1 is 0.861 bits per heavy atom. The molecule has 4 fully saturated rings. The molecule has 5 aliphatic rings. The Hall–Kier alpha value is -4.62. The van der Waals surface area contributed by atoms with Crippen LogP contribution in [0, 0.1) is 40.9 Å². The minimum atomic E-state index is -2.39. The van der Waals surface area contributed by atoms with Gasteiger partial charge in [0, 0.05) is 58.2 Å². The fourth-order valence-electron chi connectivity index (χ4n) is 11.8. The van der Waals surface area contributed by atoms with Crippen molar-refractivity contribution in [2.45, 2.75) is 194 Å². The molecule has 17 heteroatoms. The molecule has 4 aliphatic heterocycles. The topological polar surface area (TPSA) is 211 Å². The van der Waals surface area contributed by atoms with Crippen LogP contribution in [0.1, 0.15) is 145 Å². The first kappa shape index (κ1) is 63.6. The molecule has 6 rings (SSSR count). The van der Waals surface area contributed by atoms with Crippen molar-refractivity contribution in [1.29, 1.82) is 0 Å². The number of aliphatic hydroxyl groups excluding tert-OH is 1. The number of carbonyl (C=O) groups is 6. The van der Waals surface area contributed by atoms with E-state index in [-0.39, 0.29) is 56.0 Å². The van der Waals surface area contributed by atoms with Crippen molar-refractivity contribution in [2.24, 2.45) is 40.9 Å². The number of nitrogens with zero attached hydrogens (tertiary/aromatic N) is 1. The maximum atomic E-state index is 14.6. The summed E-state index contributed by atoms with van der Waals surface area (Å²) >= 11 is 0. The average Bonchev–Trinajstić information content (AvgIpc) is 3.48. The van der Waals surface area contributed by atoms with E-state index in [9.17, 15) is 39.0 Å². The first-order valence-corrected chi connectivity index (χ1v) is 29.0. The fourth-order valence-corrected chi connectivity index (χ4v) is 11.8. The van der Waals surface area contributed by atoms with Gasteiger partial charge in [-0.2, -0.15) is 0 Å². The number of ketones is 3. The number of aliphatic hydroxyl groups is 2. The highest BCUT2D eigenvalue weighted by atomic mass is 16.6. The lowest BCUT2D eigenvalue weighted by Gasteiger charge is -2.42. The number of fused-ring (bicyclic) bond motifs is 3. The smallest absolute Gasteiger partial charge is 0.460 e. The molecule has 16 nitrogen and oxygen atoms in total. The molecule has 1 saturated carbocycles. The molecule has 4 heterocycles. The second-order valence-corrected chi connectivity index (χ2v) is 23.9. The van der Waals surface area contributed by atoms with Crippen molar-refractivity contribution in [1.82, 2.24) is 4.90 Å². The summed E-state index contributed by atoms with van der Waals surface area (Å²) in [5.74, 6) is -8.36. The third kappa shape index (κ3) is 16.8. The summed E-state index contributed by atoms with van der Waals surface area (Å²) in [7, 11) is 2.38. The molecular weight excluding hydrogens is 1010 g/mol. The summed E-state index contributed by atoms with van der Waals surface area (Å²) in [5.41, 5.74) is 1.27. The molecule has 14 atom stereocenters.